The SMILES string of the molecule is Cc1ccc2c(c1)C(c1ccccc1)=CC2=O.Cc1ccc2c(c1)C(c1ccccc1)=C[C@H]2O.Cc1ccc2c(c1)[C@@H](c1ccccc1)CC2=O. The van der Waals surface area contributed by atoms with Crippen molar-refractivity contribution in [3.63, 3.8) is 0 Å². The van der Waals surface area contributed by atoms with Crippen LogP contribution in [0.1, 0.15) is 94.8 Å². The summed E-state index contributed by atoms with van der Waals surface area (Å²) in [5, 5.41) is 10.0. The fraction of sp³-hybridized carbons (Fsp3) is 0.125. The minimum atomic E-state index is -0.471. The van der Waals surface area contributed by atoms with Gasteiger partial charge < -0.3 is 5.11 Å². The number of ketones is 2. The Labute approximate surface area is 300 Å². The van der Waals surface area contributed by atoms with Crippen LogP contribution < -0.4 is 0 Å². The van der Waals surface area contributed by atoms with Crippen molar-refractivity contribution in [2.24, 2.45) is 0 Å². The predicted octanol–water partition coefficient (Wildman–Crippen LogP) is 10.8. The van der Waals surface area contributed by atoms with Crippen LogP contribution in [0.4, 0.5) is 0 Å². The topological polar surface area (TPSA) is 54.4 Å². The molecule has 6 aromatic carbocycles. The minimum absolute atomic E-state index is 0.110. The van der Waals surface area contributed by atoms with Crippen molar-refractivity contribution in [2.75, 3.05) is 0 Å². The highest BCUT2D eigenvalue weighted by Crippen LogP contribution is 2.40. The summed E-state index contributed by atoms with van der Waals surface area (Å²) in [4.78, 5) is 23.8. The standard InChI is InChI=1S/2C16H14O.C16H12O/c3*1-11-7-8-13-15(9-11)14(10-16(13)17)12-5-3-2-4-6-12/h2-9,14H,10H2,1H3;2-10,16-17H,1H3;2-10H,1H3/t14-;16-;/m11./s1. The number of carbonyl (C=O) groups excluding carboxylic acids is 2. The molecule has 0 heterocycles. The fourth-order valence-electron chi connectivity index (χ4n) is 7.22. The zero-order valence-electron chi connectivity index (χ0n) is 29.1. The average molecular weight is 665 g/mol. The van der Waals surface area contributed by atoms with E-state index >= 15 is 0 Å². The monoisotopic (exact) mass is 664 g/mol. The van der Waals surface area contributed by atoms with Gasteiger partial charge >= 0.3 is 0 Å². The molecule has 0 bridgehead atoms. The number of aliphatic hydroxyl groups excluding tert-OH is 1. The number of hydrogen-bond acceptors (Lipinski definition) is 3. The zero-order chi connectivity index (χ0) is 35.5. The maximum atomic E-state index is 12.0. The quantitative estimate of drug-likeness (QED) is 0.205. The van der Waals surface area contributed by atoms with Crippen molar-refractivity contribution in [3.05, 3.63) is 225 Å². The van der Waals surface area contributed by atoms with Crippen molar-refractivity contribution in [1.29, 1.82) is 0 Å². The number of Topliss-reactive ketones (excluding diaryl/α,β-unsaturated/α-hetero) is 1. The molecule has 0 aliphatic heterocycles. The van der Waals surface area contributed by atoms with Crippen LogP contribution in [0, 0.1) is 20.8 Å². The van der Waals surface area contributed by atoms with Gasteiger partial charge in [0, 0.05) is 23.5 Å². The van der Waals surface area contributed by atoms with Crippen molar-refractivity contribution in [3.8, 4) is 0 Å². The number of rotatable bonds is 3. The first-order chi connectivity index (χ1) is 24.8. The van der Waals surface area contributed by atoms with Gasteiger partial charge in [0.15, 0.2) is 11.6 Å². The molecule has 6 aromatic rings. The van der Waals surface area contributed by atoms with Crippen molar-refractivity contribution in [2.45, 2.75) is 39.2 Å². The lowest BCUT2D eigenvalue weighted by atomic mass is 9.92. The van der Waals surface area contributed by atoms with Crippen molar-refractivity contribution < 1.29 is 14.7 Å². The number of aliphatic hydroxyl groups is 1. The Morgan fingerprint density at radius 1 is 0.510 bits per heavy atom. The highest BCUT2D eigenvalue weighted by atomic mass is 16.3. The average Bonchev–Trinajstić information content (AvgIpc) is 3.79. The van der Waals surface area contributed by atoms with Crippen LogP contribution in [0.3, 0.4) is 0 Å². The molecule has 0 fully saturated rings. The molecular formula is C48H40O3. The van der Waals surface area contributed by atoms with Gasteiger partial charge in [0.2, 0.25) is 0 Å². The lowest BCUT2D eigenvalue weighted by molar-refractivity contribution is 0.0990. The summed E-state index contributed by atoms with van der Waals surface area (Å²) in [6.45, 7) is 6.20. The fourth-order valence-corrected chi connectivity index (χ4v) is 7.22. The smallest absolute Gasteiger partial charge is 0.187 e. The summed E-state index contributed by atoms with van der Waals surface area (Å²) in [6, 6.07) is 48.9. The molecule has 51 heavy (non-hydrogen) atoms. The van der Waals surface area contributed by atoms with E-state index in [9.17, 15) is 14.7 Å². The molecule has 3 nitrogen and oxygen atoms in total. The van der Waals surface area contributed by atoms with Gasteiger partial charge in [0.1, 0.15) is 0 Å². The van der Waals surface area contributed by atoms with Crippen molar-refractivity contribution in [1.82, 2.24) is 0 Å². The summed E-state index contributed by atoms with van der Waals surface area (Å²) in [6.07, 6.45) is 3.81. The molecule has 0 amide bonds. The third-order valence-electron chi connectivity index (χ3n) is 9.79. The number of hydrogen-bond donors (Lipinski definition) is 1. The number of allylic oxidation sites excluding steroid dienone is 1. The molecule has 0 saturated carbocycles. The van der Waals surface area contributed by atoms with Gasteiger partial charge in [-0.25, -0.2) is 0 Å². The lowest BCUT2D eigenvalue weighted by Gasteiger charge is -2.11. The van der Waals surface area contributed by atoms with Gasteiger partial charge in [-0.15, -0.1) is 0 Å². The first-order valence-corrected chi connectivity index (χ1v) is 17.4. The first-order valence-electron chi connectivity index (χ1n) is 17.4. The summed E-state index contributed by atoms with van der Waals surface area (Å²) >= 11 is 0. The van der Waals surface area contributed by atoms with E-state index in [1.807, 2.05) is 116 Å². The summed E-state index contributed by atoms with van der Waals surface area (Å²) in [5.41, 5.74) is 15.4. The van der Waals surface area contributed by atoms with E-state index in [1.165, 1.54) is 27.8 Å². The Bertz CT molecular complexity index is 2290. The van der Waals surface area contributed by atoms with E-state index in [1.54, 1.807) is 6.08 Å². The van der Waals surface area contributed by atoms with E-state index in [4.69, 9.17) is 0 Å². The van der Waals surface area contributed by atoms with Crippen LogP contribution >= 0.6 is 0 Å². The van der Waals surface area contributed by atoms with Crippen molar-refractivity contribution >= 4 is 22.7 Å². The van der Waals surface area contributed by atoms with E-state index in [2.05, 4.69) is 56.3 Å². The second-order valence-electron chi connectivity index (χ2n) is 13.5. The van der Waals surface area contributed by atoms with Gasteiger partial charge in [-0.1, -0.05) is 162 Å². The highest BCUT2D eigenvalue weighted by Gasteiger charge is 2.30. The molecule has 2 atom stereocenters. The van der Waals surface area contributed by atoms with Crippen LogP contribution in [-0.4, -0.2) is 16.7 Å². The molecule has 250 valence electrons. The normalized spacial score (nSPS) is 16.5. The molecule has 0 saturated heterocycles. The molecule has 0 aromatic heterocycles. The second-order valence-corrected chi connectivity index (χ2v) is 13.5. The van der Waals surface area contributed by atoms with Gasteiger partial charge in [-0.3, -0.25) is 9.59 Å². The highest BCUT2D eigenvalue weighted by molar-refractivity contribution is 6.18. The second kappa shape index (κ2) is 14.5. The minimum Gasteiger partial charge on any atom is -0.384 e. The maximum absolute atomic E-state index is 12.0. The first kappa shape index (κ1) is 33.6. The number of carbonyl (C=O) groups is 2. The Hall–Kier alpha value is -5.90. The Morgan fingerprint density at radius 2 is 1.04 bits per heavy atom. The maximum Gasteiger partial charge on any atom is 0.187 e. The summed E-state index contributed by atoms with van der Waals surface area (Å²) < 4.78 is 0. The van der Waals surface area contributed by atoms with E-state index in [0.717, 1.165) is 50.1 Å². The van der Waals surface area contributed by atoms with Crippen LogP contribution in [0.15, 0.2) is 158 Å². The largest absolute Gasteiger partial charge is 0.384 e. The van der Waals surface area contributed by atoms with Crippen LogP contribution in [0.2, 0.25) is 0 Å². The van der Waals surface area contributed by atoms with Crippen LogP contribution in [-0.2, 0) is 0 Å². The number of aryl methyl sites for hydroxylation is 3. The zero-order valence-corrected chi connectivity index (χ0v) is 29.1. The number of fused-ring (bicyclic) bond motifs is 3. The molecule has 3 aliphatic rings. The summed E-state index contributed by atoms with van der Waals surface area (Å²) in [5.74, 6) is 0.631. The Balaban J connectivity index is 0.000000119. The molecule has 3 heteroatoms. The molecule has 0 unspecified atom stereocenters. The van der Waals surface area contributed by atoms with E-state index < -0.39 is 6.10 Å². The molecule has 9 rings (SSSR count). The van der Waals surface area contributed by atoms with Crippen LogP contribution in [0.5, 0.6) is 0 Å². The van der Waals surface area contributed by atoms with Gasteiger partial charge in [0.05, 0.1) is 6.10 Å². The molecule has 0 spiro atoms. The number of benzene rings is 6. The molecular weight excluding hydrogens is 625 g/mol. The van der Waals surface area contributed by atoms with E-state index in [-0.39, 0.29) is 17.5 Å². The molecule has 1 N–H and O–H groups in total. The van der Waals surface area contributed by atoms with Crippen LogP contribution in [0.25, 0.3) is 11.1 Å². The van der Waals surface area contributed by atoms with E-state index in [0.29, 0.717) is 6.42 Å². The predicted molar refractivity (Wildman–Crippen MR) is 207 cm³/mol. The third kappa shape index (κ3) is 7.08. The van der Waals surface area contributed by atoms with Gasteiger partial charge in [0.25, 0.3) is 0 Å². The Morgan fingerprint density at radius 3 is 1.69 bits per heavy atom. The van der Waals surface area contributed by atoms with Gasteiger partial charge in [-0.05, 0) is 83.0 Å². The lowest BCUT2D eigenvalue weighted by Crippen LogP contribution is -1.96. The Kier molecular flexibility index (Phi) is 9.57. The third-order valence-corrected chi connectivity index (χ3v) is 9.79. The molecule has 0 radical (unpaired) electrons. The van der Waals surface area contributed by atoms with Gasteiger partial charge in [-0.2, -0.15) is 0 Å². The summed E-state index contributed by atoms with van der Waals surface area (Å²) in [7, 11) is 0. The molecule has 3 aliphatic carbocycles.